The van der Waals surface area contributed by atoms with E-state index in [-0.39, 0.29) is 29.6 Å². The summed E-state index contributed by atoms with van der Waals surface area (Å²) < 4.78 is 32.6. The van der Waals surface area contributed by atoms with Crippen LogP contribution in [-0.2, 0) is 24.3 Å². The molecule has 1 spiro atoms. The molecule has 0 N–H and O–H groups in total. The van der Waals surface area contributed by atoms with Gasteiger partial charge in [-0.1, -0.05) is 54.4 Å². The summed E-state index contributed by atoms with van der Waals surface area (Å²) in [5.74, 6) is -1.23. The topological polar surface area (TPSA) is 84.0 Å². The van der Waals surface area contributed by atoms with Crippen molar-refractivity contribution in [3.63, 3.8) is 0 Å². The molecule has 39 heavy (non-hydrogen) atoms. The van der Waals surface area contributed by atoms with E-state index in [1.165, 1.54) is 11.4 Å². The minimum absolute atomic E-state index is 0.125. The average molecular weight is 594 g/mol. The van der Waals surface area contributed by atoms with E-state index in [4.69, 9.17) is 27.9 Å². The van der Waals surface area contributed by atoms with E-state index in [0.29, 0.717) is 42.1 Å². The summed E-state index contributed by atoms with van der Waals surface area (Å²) in [6.07, 6.45) is 2.75. The van der Waals surface area contributed by atoms with Crippen LogP contribution in [0.5, 0.6) is 0 Å². The maximum atomic E-state index is 14.5. The molecular formula is C29H34Cl2N2O5S. The van der Waals surface area contributed by atoms with Gasteiger partial charge in [0, 0.05) is 35.6 Å². The summed E-state index contributed by atoms with van der Waals surface area (Å²) in [4.78, 5) is 29.1. The van der Waals surface area contributed by atoms with Crippen molar-refractivity contribution in [3.05, 3.63) is 69.7 Å². The second-order valence-electron chi connectivity index (χ2n) is 11.1. The molecule has 210 valence electrons. The Labute approximate surface area is 240 Å². The van der Waals surface area contributed by atoms with Crippen LogP contribution in [0.25, 0.3) is 0 Å². The number of methoxy groups -OCH3 is 1. The Morgan fingerprint density at radius 1 is 1.10 bits per heavy atom. The lowest BCUT2D eigenvalue weighted by molar-refractivity contribution is -0.155. The van der Waals surface area contributed by atoms with Crippen LogP contribution < -0.4 is 0 Å². The van der Waals surface area contributed by atoms with Gasteiger partial charge in [-0.15, -0.1) is 0 Å². The molecule has 1 aliphatic heterocycles. The fourth-order valence-corrected chi connectivity index (χ4v) is 8.25. The monoisotopic (exact) mass is 592 g/mol. The normalized spacial score (nSPS) is 27.6. The summed E-state index contributed by atoms with van der Waals surface area (Å²) in [6, 6.07) is 14.3. The maximum absolute atomic E-state index is 14.5. The molecule has 5 atom stereocenters. The van der Waals surface area contributed by atoms with E-state index in [9.17, 15) is 18.0 Å². The molecule has 3 aliphatic rings. The smallest absolute Gasteiger partial charge is 0.309 e. The molecule has 0 radical (unpaired) electrons. The number of ether oxygens (including phenoxy) is 1. The van der Waals surface area contributed by atoms with Gasteiger partial charge in [0.05, 0.1) is 29.7 Å². The number of benzene rings is 2. The van der Waals surface area contributed by atoms with Crippen LogP contribution in [0, 0.1) is 11.3 Å². The number of nitrogens with zero attached hydrogens (tertiary/aromatic N) is 2. The molecule has 1 amide bonds. The molecule has 2 aromatic rings. The van der Waals surface area contributed by atoms with Crippen molar-refractivity contribution >= 4 is 45.1 Å². The van der Waals surface area contributed by atoms with E-state index in [0.717, 1.165) is 11.1 Å². The fraction of sp³-hybridized carbons (Fsp3) is 0.517. The average Bonchev–Trinajstić information content (AvgIpc) is 3.84. The highest BCUT2D eigenvalue weighted by molar-refractivity contribution is 7.90. The molecule has 2 aliphatic carbocycles. The summed E-state index contributed by atoms with van der Waals surface area (Å²) in [5, 5.41) is 0.822. The molecule has 7 nitrogen and oxygen atoms in total. The SMILES string of the molecule is CCC(CN(C)S(=O)(=O)C1CC1)N1C(=O)C2(CC2C(=O)OC)C[C@H](c2cccc(Cl)c2)[C@H]1c1ccc(Cl)cc1. The Kier molecular flexibility index (Phi) is 7.79. The Morgan fingerprint density at radius 2 is 1.79 bits per heavy atom. The van der Waals surface area contributed by atoms with Crippen molar-refractivity contribution < 1.29 is 22.7 Å². The van der Waals surface area contributed by atoms with Gasteiger partial charge >= 0.3 is 5.97 Å². The van der Waals surface area contributed by atoms with Gasteiger partial charge in [-0.25, -0.2) is 12.7 Å². The van der Waals surface area contributed by atoms with Gasteiger partial charge in [0.2, 0.25) is 15.9 Å². The molecule has 2 aromatic carbocycles. The first-order valence-corrected chi connectivity index (χ1v) is 15.7. The predicted molar refractivity (Wildman–Crippen MR) is 151 cm³/mol. The molecule has 5 rings (SSSR count). The fourth-order valence-electron chi connectivity index (χ4n) is 6.31. The Morgan fingerprint density at radius 3 is 2.38 bits per heavy atom. The minimum atomic E-state index is -3.44. The highest BCUT2D eigenvalue weighted by Gasteiger charge is 2.69. The Balaban J connectivity index is 1.63. The van der Waals surface area contributed by atoms with Crippen LogP contribution in [-0.4, -0.2) is 61.5 Å². The van der Waals surface area contributed by atoms with Gasteiger partial charge in [-0.3, -0.25) is 9.59 Å². The lowest BCUT2D eigenvalue weighted by atomic mass is 9.72. The van der Waals surface area contributed by atoms with E-state index in [1.54, 1.807) is 19.2 Å². The van der Waals surface area contributed by atoms with Crippen LogP contribution in [0.15, 0.2) is 48.5 Å². The summed E-state index contributed by atoms with van der Waals surface area (Å²) in [6.45, 7) is 2.14. The zero-order chi connectivity index (χ0) is 28.1. The number of rotatable bonds is 9. The highest BCUT2D eigenvalue weighted by Crippen LogP contribution is 2.65. The van der Waals surface area contributed by atoms with Gasteiger partial charge in [0.15, 0.2) is 0 Å². The molecule has 0 bridgehead atoms. The molecule has 10 heteroatoms. The van der Waals surface area contributed by atoms with Crippen molar-refractivity contribution in [1.29, 1.82) is 0 Å². The van der Waals surface area contributed by atoms with Crippen LogP contribution in [0.1, 0.15) is 62.1 Å². The van der Waals surface area contributed by atoms with E-state index in [2.05, 4.69) is 0 Å². The number of esters is 1. The number of likely N-dealkylation sites (tertiary alicyclic amines) is 1. The summed E-state index contributed by atoms with van der Waals surface area (Å²) >= 11 is 12.7. The van der Waals surface area contributed by atoms with Crippen LogP contribution in [0.3, 0.4) is 0 Å². The third-order valence-corrected chi connectivity index (χ3v) is 11.5. The molecule has 1 saturated heterocycles. The number of likely N-dealkylation sites (N-methyl/N-ethyl adjacent to an activating group) is 1. The third kappa shape index (κ3) is 5.21. The van der Waals surface area contributed by atoms with Crippen LogP contribution >= 0.6 is 23.2 Å². The first kappa shape index (κ1) is 28.4. The summed E-state index contributed by atoms with van der Waals surface area (Å²) in [5.41, 5.74) is 0.960. The maximum Gasteiger partial charge on any atom is 0.309 e. The minimum Gasteiger partial charge on any atom is -0.469 e. The van der Waals surface area contributed by atoms with Gasteiger partial charge < -0.3 is 9.64 Å². The predicted octanol–water partition coefficient (Wildman–Crippen LogP) is 5.43. The van der Waals surface area contributed by atoms with Crippen molar-refractivity contribution in [2.45, 2.75) is 62.3 Å². The number of sulfonamides is 1. The van der Waals surface area contributed by atoms with Crippen molar-refractivity contribution in [2.75, 3.05) is 20.7 Å². The highest BCUT2D eigenvalue weighted by atomic mass is 35.5. The second kappa shape index (κ2) is 10.7. The zero-order valence-corrected chi connectivity index (χ0v) is 24.7. The third-order valence-electron chi connectivity index (χ3n) is 8.69. The number of hydrogen-bond donors (Lipinski definition) is 0. The number of carbonyl (C=O) groups excluding carboxylic acids is 2. The lowest BCUT2D eigenvalue weighted by Gasteiger charge is -2.49. The van der Waals surface area contributed by atoms with Gasteiger partial charge in [0.25, 0.3) is 0 Å². The van der Waals surface area contributed by atoms with Crippen molar-refractivity contribution in [2.24, 2.45) is 11.3 Å². The number of halogens is 2. The molecular weight excluding hydrogens is 559 g/mol. The van der Waals surface area contributed by atoms with E-state index >= 15 is 0 Å². The Bertz CT molecular complexity index is 1360. The lowest BCUT2D eigenvalue weighted by Crippen LogP contribution is -2.56. The quantitative estimate of drug-likeness (QED) is 0.362. The Hall–Kier alpha value is -2.13. The second-order valence-corrected chi connectivity index (χ2v) is 14.3. The zero-order valence-electron chi connectivity index (χ0n) is 22.3. The molecule has 2 saturated carbocycles. The van der Waals surface area contributed by atoms with E-state index in [1.807, 2.05) is 48.2 Å². The number of amides is 1. The van der Waals surface area contributed by atoms with E-state index < -0.39 is 33.4 Å². The summed E-state index contributed by atoms with van der Waals surface area (Å²) in [7, 11) is -0.499. The van der Waals surface area contributed by atoms with Crippen LogP contribution in [0.4, 0.5) is 0 Å². The van der Waals surface area contributed by atoms with Gasteiger partial charge in [0.1, 0.15) is 0 Å². The standard InChI is InChI=1S/C29H34Cl2N2O5S/c1-4-22(17-32(2)39(36,37)23-12-13-23)33-26(18-8-10-20(30)11-9-18)24(19-6-5-7-21(31)14-19)15-29(28(33)35)16-25(29)27(34)38-3/h5-11,14,22-26H,4,12-13,15-17H2,1-3H3/t22?,24-,25?,26-,29?/m1/s1. The number of carbonyl (C=O) groups is 2. The van der Waals surface area contributed by atoms with Crippen LogP contribution in [0.2, 0.25) is 10.0 Å². The van der Waals surface area contributed by atoms with Gasteiger partial charge in [-0.2, -0.15) is 0 Å². The van der Waals surface area contributed by atoms with Crippen molar-refractivity contribution in [1.82, 2.24) is 9.21 Å². The molecule has 1 heterocycles. The molecule has 3 fully saturated rings. The largest absolute Gasteiger partial charge is 0.469 e. The molecule has 3 unspecified atom stereocenters. The number of piperidine rings is 1. The van der Waals surface area contributed by atoms with Gasteiger partial charge in [-0.05, 0) is 67.5 Å². The van der Waals surface area contributed by atoms with Crippen molar-refractivity contribution in [3.8, 4) is 0 Å². The first-order valence-electron chi connectivity index (χ1n) is 13.4. The number of hydrogen-bond acceptors (Lipinski definition) is 5. The molecule has 0 aromatic heterocycles. The first-order chi connectivity index (χ1) is 18.5.